The number of aryl methyl sites for hydroxylation is 1. The minimum absolute atomic E-state index is 0.0501. The SMILES string of the molecule is Cc1nn(C(C)C)c(C)c1-c1cc(C(=O)Nc2ccc(C(=O)N3CCNC(=O)C3)cc2)[nH]n1. The van der Waals surface area contributed by atoms with Gasteiger partial charge in [-0.2, -0.15) is 10.2 Å². The number of carbonyl (C=O) groups is 3. The molecule has 1 saturated heterocycles. The molecule has 0 saturated carbocycles. The molecule has 0 aliphatic carbocycles. The molecular weight excluding hydrogens is 422 g/mol. The van der Waals surface area contributed by atoms with Crippen LogP contribution in [0.1, 0.15) is 52.1 Å². The van der Waals surface area contributed by atoms with Crippen LogP contribution in [0.2, 0.25) is 0 Å². The molecule has 1 aliphatic heterocycles. The predicted octanol–water partition coefficient (Wildman–Crippen LogP) is 2.30. The van der Waals surface area contributed by atoms with Gasteiger partial charge in [0.1, 0.15) is 5.69 Å². The van der Waals surface area contributed by atoms with Crippen LogP contribution in [0.3, 0.4) is 0 Å². The van der Waals surface area contributed by atoms with Crippen molar-refractivity contribution in [1.82, 2.24) is 30.2 Å². The van der Waals surface area contributed by atoms with Crippen molar-refractivity contribution in [3.63, 3.8) is 0 Å². The van der Waals surface area contributed by atoms with E-state index in [2.05, 4.69) is 39.8 Å². The quantitative estimate of drug-likeness (QED) is 0.551. The second kappa shape index (κ2) is 8.89. The van der Waals surface area contributed by atoms with E-state index in [0.717, 1.165) is 17.0 Å². The van der Waals surface area contributed by atoms with Gasteiger partial charge in [-0.1, -0.05) is 0 Å². The van der Waals surface area contributed by atoms with Crippen molar-refractivity contribution >= 4 is 23.4 Å². The lowest BCUT2D eigenvalue weighted by molar-refractivity contribution is -0.123. The number of piperazine rings is 1. The average Bonchev–Trinajstić information content (AvgIpc) is 3.38. The van der Waals surface area contributed by atoms with Crippen LogP contribution >= 0.6 is 0 Å². The van der Waals surface area contributed by atoms with Crippen LogP contribution < -0.4 is 10.6 Å². The number of carbonyl (C=O) groups excluding carboxylic acids is 3. The Morgan fingerprint density at radius 2 is 1.88 bits per heavy atom. The predicted molar refractivity (Wildman–Crippen MR) is 123 cm³/mol. The molecule has 33 heavy (non-hydrogen) atoms. The van der Waals surface area contributed by atoms with Crippen LogP contribution in [0.5, 0.6) is 0 Å². The number of aromatic amines is 1. The molecule has 0 spiro atoms. The number of nitrogens with zero attached hydrogens (tertiary/aromatic N) is 4. The number of nitrogens with one attached hydrogen (secondary N) is 3. The molecule has 3 N–H and O–H groups in total. The zero-order chi connectivity index (χ0) is 23.7. The Bertz CT molecular complexity index is 1210. The number of hydrogen-bond donors (Lipinski definition) is 3. The van der Waals surface area contributed by atoms with Gasteiger partial charge in [-0.3, -0.25) is 24.2 Å². The molecule has 1 fully saturated rings. The van der Waals surface area contributed by atoms with Crippen LogP contribution in [0.4, 0.5) is 5.69 Å². The number of amides is 3. The normalized spacial score (nSPS) is 13.8. The molecule has 172 valence electrons. The maximum Gasteiger partial charge on any atom is 0.273 e. The highest BCUT2D eigenvalue weighted by molar-refractivity contribution is 6.04. The summed E-state index contributed by atoms with van der Waals surface area (Å²) in [5.41, 5.74) is 4.74. The fourth-order valence-corrected chi connectivity index (χ4v) is 3.99. The Morgan fingerprint density at radius 3 is 2.52 bits per heavy atom. The molecule has 3 heterocycles. The Balaban J connectivity index is 1.45. The zero-order valence-electron chi connectivity index (χ0n) is 19.1. The Morgan fingerprint density at radius 1 is 1.15 bits per heavy atom. The molecule has 1 aromatic carbocycles. The Hall–Kier alpha value is -3.95. The highest BCUT2D eigenvalue weighted by Crippen LogP contribution is 2.27. The van der Waals surface area contributed by atoms with E-state index < -0.39 is 0 Å². The molecule has 3 aromatic rings. The maximum atomic E-state index is 12.7. The monoisotopic (exact) mass is 449 g/mol. The van der Waals surface area contributed by atoms with Crippen molar-refractivity contribution in [2.24, 2.45) is 0 Å². The summed E-state index contributed by atoms with van der Waals surface area (Å²) >= 11 is 0. The summed E-state index contributed by atoms with van der Waals surface area (Å²) in [6.45, 7) is 9.01. The maximum absolute atomic E-state index is 12.7. The molecular formula is C23H27N7O3. The van der Waals surface area contributed by atoms with E-state index >= 15 is 0 Å². The second-order valence-corrected chi connectivity index (χ2v) is 8.36. The van der Waals surface area contributed by atoms with Gasteiger partial charge in [-0.25, -0.2) is 0 Å². The van der Waals surface area contributed by atoms with Crippen molar-refractivity contribution in [2.75, 3.05) is 25.0 Å². The third kappa shape index (κ3) is 4.50. The first-order chi connectivity index (χ1) is 15.7. The molecule has 0 radical (unpaired) electrons. The number of H-pyrrole nitrogens is 1. The molecule has 10 nitrogen and oxygen atoms in total. The lowest BCUT2D eigenvalue weighted by atomic mass is 10.1. The van der Waals surface area contributed by atoms with Crippen molar-refractivity contribution in [1.29, 1.82) is 0 Å². The third-order valence-electron chi connectivity index (χ3n) is 5.61. The summed E-state index contributed by atoms with van der Waals surface area (Å²) in [7, 11) is 0. The van der Waals surface area contributed by atoms with Crippen LogP contribution in [0.25, 0.3) is 11.3 Å². The Labute approximate surface area is 191 Å². The molecule has 3 amide bonds. The largest absolute Gasteiger partial charge is 0.353 e. The van der Waals surface area contributed by atoms with Gasteiger partial charge in [0.05, 0.1) is 17.9 Å². The van der Waals surface area contributed by atoms with Crippen molar-refractivity contribution in [3.05, 3.63) is 53.0 Å². The highest BCUT2D eigenvalue weighted by atomic mass is 16.2. The van der Waals surface area contributed by atoms with Gasteiger partial charge in [0, 0.05) is 41.6 Å². The molecule has 4 rings (SSSR count). The summed E-state index contributed by atoms with van der Waals surface area (Å²) in [4.78, 5) is 38.3. The van der Waals surface area contributed by atoms with Crippen LogP contribution in [-0.2, 0) is 4.79 Å². The number of aromatic nitrogens is 4. The van der Waals surface area contributed by atoms with E-state index in [1.54, 1.807) is 30.3 Å². The standard InChI is InChI=1S/C23H27N7O3/c1-13(2)30-15(4)21(14(3)28-30)18-11-19(27-26-18)22(32)25-17-7-5-16(6-8-17)23(33)29-10-9-24-20(31)12-29/h5-8,11,13H,9-10,12H2,1-4H3,(H,24,31)(H,25,32)(H,26,27). The average molecular weight is 450 g/mol. The minimum Gasteiger partial charge on any atom is -0.353 e. The van der Waals surface area contributed by atoms with Crippen LogP contribution in [0.15, 0.2) is 30.3 Å². The van der Waals surface area contributed by atoms with E-state index in [9.17, 15) is 14.4 Å². The summed E-state index contributed by atoms with van der Waals surface area (Å²) in [5, 5.41) is 17.2. The smallest absolute Gasteiger partial charge is 0.273 e. The van der Waals surface area contributed by atoms with E-state index in [4.69, 9.17) is 0 Å². The number of benzene rings is 1. The van der Waals surface area contributed by atoms with Gasteiger partial charge in [-0.15, -0.1) is 0 Å². The van der Waals surface area contributed by atoms with Gasteiger partial charge < -0.3 is 15.5 Å². The molecule has 10 heteroatoms. The molecule has 0 bridgehead atoms. The summed E-state index contributed by atoms with van der Waals surface area (Å²) in [5.74, 6) is -0.722. The Kier molecular flexibility index (Phi) is 5.99. The van der Waals surface area contributed by atoms with Crippen molar-refractivity contribution in [3.8, 4) is 11.3 Å². The topological polar surface area (TPSA) is 125 Å². The first kappa shape index (κ1) is 22.3. The summed E-state index contributed by atoms with van der Waals surface area (Å²) < 4.78 is 1.94. The molecule has 1 aliphatic rings. The van der Waals surface area contributed by atoms with Gasteiger partial charge in [0.15, 0.2) is 0 Å². The van der Waals surface area contributed by atoms with Crippen molar-refractivity contribution in [2.45, 2.75) is 33.7 Å². The second-order valence-electron chi connectivity index (χ2n) is 8.36. The van der Waals surface area contributed by atoms with Gasteiger partial charge in [0.2, 0.25) is 5.91 Å². The first-order valence-corrected chi connectivity index (χ1v) is 10.8. The first-order valence-electron chi connectivity index (χ1n) is 10.8. The van der Waals surface area contributed by atoms with Gasteiger partial charge in [-0.05, 0) is 58.0 Å². The minimum atomic E-state index is -0.341. The third-order valence-corrected chi connectivity index (χ3v) is 5.61. The summed E-state index contributed by atoms with van der Waals surface area (Å²) in [6.07, 6.45) is 0. The fraction of sp³-hybridized carbons (Fsp3) is 0.348. The molecule has 2 aromatic heterocycles. The lowest BCUT2D eigenvalue weighted by Crippen LogP contribution is -2.49. The van der Waals surface area contributed by atoms with Crippen molar-refractivity contribution < 1.29 is 14.4 Å². The highest BCUT2D eigenvalue weighted by Gasteiger charge is 2.22. The lowest BCUT2D eigenvalue weighted by Gasteiger charge is -2.26. The van der Waals surface area contributed by atoms with E-state index in [1.807, 2.05) is 18.5 Å². The molecule has 0 unspecified atom stereocenters. The summed E-state index contributed by atoms with van der Waals surface area (Å²) in [6, 6.07) is 8.52. The fourth-order valence-electron chi connectivity index (χ4n) is 3.99. The van der Waals surface area contributed by atoms with Crippen LogP contribution in [-0.4, -0.2) is 62.2 Å². The van der Waals surface area contributed by atoms with Gasteiger partial charge >= 0.3 is 0 Å². The molecule has 0 atom stereocenters. The van der Waals surface area contributed by atoms with E-state index in [0.29, 0.717) is 35.7 Å². The zero-order valence-corrected chi connectivity index (χ0v) is 19.1. The van der Waals surface area contributed by atoms with Gasteiger partial charge in [0.25, 0.3) is 11.8 Å². The van der Waals surface area contributed by atoms with E-state index in [1.165, 1.54) is 4.90 Å². The number of rotatable bonds is 5. The van der Waals surface area contributed by atoms with Crippen LogP contribution in [0, 0.1) is 13.8 Å². The number of hydrogen-bond acceptors (Lipinski definition) is 5. The van der Waals surface area contributed by atoms with E-state index in [-0.39, 0.29) is 30.3 Å². The number of anilines is 1.